The third kappa shape index (κ3) is 16.8. The van der Waals surface area contributed by atoms with Gasteiger partial charge in [-0.3, -0.25) is 19.2 Å². The Hall–Kier alpha value is -2.82. The van der Waals surface area contributed by atoms with Crippen molar-refractivity contribution in [2.75, 3.05) is 0 Å². The number of nitrogens with one attached hydrogen (secondary N) is 4. The van der Waals surface area contributed by atoms with E-state index in [1.165, 1.54) is 24.3 Å². The van der Waals surface area contributed by atoms with Crippen LogP contribution in [0.2, 0.25) is 0 Å². The summed E-state index contributed by atoms with van der Waals surface area (Å²) in [5.41, 5.74) is 3.45. The molecule has 4 aromatic rings. The third-order valence-corrected chi connectivity index (χ3v) is 3.66. The van der Waals surface area contributed by atoms with E-state index in [4.69, 9.17) is 0 Å². The van der Waals surface area contributed by atoms with Crippen LogP contribution in [0.15, 0.2) is 92.0 Å². The summed E-state index contributed by atoms with van der Waals surface area (Å²) in [5.74, 6) is 0. The normalized spacial score (nSPS) is 8.71. The van der Waals surface area contributed by atoms with E-state index in [1.54, 1.807) is 24.3 Å². The number of pyridine rings is 4. The van der Waals surface area contributed by atoms with Crippen LogP contribution in [0.3, 0.4) is 0 Å². The SMILES string of the molecule is Cc1cccc(=O)[nH]1.Cc1cccc(=O)[nH]1.Cc1cccc(=O)[nH]1.Cc1cccc(=O)[nH]1.[Mo]=[Mo]. The Labute approximate surface area is 216 Å². The van der Waals surface area contributed by atoms with Gasteiger partial charge < -0.3 is 19.9 Å². The molecule has 180 valence electrons. The van der Waals surface area contributed by atoms with Crippen LogP contribution < -0.4 is 22.2 Å². The molecular weight excluding hydrogens is 600 g/mol. The second-order valence-corrected chi connectivity index (χ2v) is 6.79. The van der Waals surface area contributed by atoms with Crippen molar-refractivity contribution < 1.29 is 32.4 Å². The van der Waals surface area contributed by atoms with Crippen molar-refractivity contribution >= 4 is 0 Å². The van der Waals surface area contributed by atoms with Gasteiger partial charge >= 0.3 is 32.4 Å². The van der Waals surface area contributed by atoms with E-state index in [9.17, 15) is 19.2 Å². The maximum atomic E-state index is 10.4. The van der Waals surface area contributed by atoms with E-state index < -0.39 is 0 Å². The van der Waals surface area contributed by atoms with Crippen LogP contribution in [0.5, 0.6) is 0 Å². The molecule has 0 fully saturated rings. The van der Waals surface area contributed by atoms with Crippen LogP contribution in [0, 0.1) is 27.7 Å². The quantitative estimate of drug-likeness (QED) is 0.223. The average Bonchev–Trinajstić information content (AvgIpc) is 2.76. The van der Waals surface area contributed by atoms with E-state index in [2.05, 4.69) is 19.9 Å². The monoisotopic (exact) mass is 632 g/mol. The first kappa shape index (κ1) is 31.2. The first-order valence-electron chi connectivity index (χ1n) is 9.96. The minimum atomic E-state index is -0.0370. The maximum absolute atomic E-state index is 10.4. The van der Waals surface area contributed by atoms with Crippen molar-refractivity contribution in [3.05, 3.63) is 137 Å². The van der Waals surface area contributed by atoms with Crippen LogP contribution in [0.1, 0.15) is 22.8 Å². The molecule has 0 aliphatic rings. The zero-order valence-electron chi connectivity index (χ0n) is 19.4. The van der Waals surface area contributed by atoms with Crippen molar-refractivity contribution in [3.8, 4) is 0 Å². The topological polar surface area (TPSA) is 131 Å². The molecule has 0 saturated heterocycles. The molecular formula is C24H28Mo2N4O4. The minimum absolute atomic E-state index is 0.0370. The predicted molar refractivity (Wildman–Crippen MR) is 127 cm³/mol. The number of aromatic nitrogens is 4. The Kier molecular flexibility index (Phi) is 17.0. The summed E-state index contributed by atoms with van der Waals surface area (Å²) in [4.78, 5) is 52.2. The Bertz CT molecular complexity index is 1140. The number of hydrogen-bond acceptors (Lipinski definition) is 4. The molecule has 0 atom stereocenters. The molecule has 0 radical (unpaired) electrons. The van der Waals surface area contributed by atoms with Gasteiger partial charge in [-0.15, -0.1) is 0 Å². The van der Waals surface area contributed by atoms with Crippen molar-refractivity contribution in [3.63, 3.8) is 0 Å². The van der Waals surface area contributed by atoms with E-state index in [0.717, 1.165) is 22.8 Å². The predicted octanol–water partition coefficient (Wildman–Crippen LogP) is 2.73. The van der Waals surface area contributed by atoms with Gasteiger partial charge in [0, 0.05) is 47.0 Å². The van der Waals surface area contributed by atoms with Crippen molar-refractivity contribution in [2.45, 2.75) is 27.7 Å². The molecule has 0 saturated carbocycles. The second-order valence-electron chi connectivity index (χ2n) is 6.79. The van der Waals surface area contributed by atoms with Crippen molar-refractivity contribution in [2.24, 2.45) is 0 Å². The van der Waals surface area contributed by atoms with Gasteiger partial charge in [0.05, 0.1) is 0 Å². The second kappa shape index (κ2) is 18.6. The number of hydrogen-bond donors (Lipinski definition) is 4. The summed E-state index contributed by atoms with van der Waals surface area (Å²) in [6, 6.07) is 20.3. The molecule has 4 aromatic heterocycles. The number of H-pyrrole nitrogens is 4. The van der Waals surface area contributed by atoms with Gasteiger partial charge in [-0.05, 0) is 52.0 Å². The average molecular weight is 628 g/mol. The molecule has 0 spiro atoms. The molecule has 0 unspecified atom stereocenters. The van der Waals surface area contributed by atoms with E-state index in [-0.39, 0.29) is 22.2 Å². The molecule has 10 heteroatoms. The molecule has 8 nitrogen and oxygen atoms in total. The van der Waals surface area contributed by atoms with Crippen LogP contribution in [-0.4, -0.2) is 19.9 Å². The zero-order chi connectivity index (χ0) is 25.9. The van der Waals surface area contributed by atoms with Gasteiger partial charge in [0.15, 0.2) is 0 Å². The van der Waals surface area contributed by atoms with Gasteiger partial charge in [-0.1, -0.05) is 24.3 Å². The summed E-state index contributed by atoms with van der Waals surface area (Å²) < 4.78 is 0. The Morgan fingerprint density at radius 1 is 0.412 bits per heavy atom. The number of rotatable bonds is 0. The number of aromatic amines is 4. The molecule has 4 N–H and O–H groups in total. The summed E-state index contributed by atoms with van der Waals surface area (Å²) >= 11 is 3.92. The fourth-order valence-corrected chi connectivity index (χ4v) is 2.23. The van der Waals surface area contributed by atoms with E-state index >= 15 is 0 Å². The molecule has 4 rings (SSSR count). The first-order chi connectivity index (χ1) is 16.2. The van der Waals surface area contributed by atoms with E-state index in [1.807, 2.05) is 84.4 Å². The summed E-state index contributed by atoms with van der Waals surface area (Å²) in [5, 5.41) is 0. The van der Waals surface area contributed by atoms with Crippen molar-refractivity contribution in [1.82, 2.24) is 19.9 Å². The van der Waals surface area contributed by atoms with Gasteiger partial charge in [0.1, 0.15) is 0 Å². The molecule has 4 heterocycles. The van der Waals surface area contributed by atoms with Crippen LogP contribution >= 0.6 is 0 Å². The van der Waals surface area contributed by atoms with Crippen molar-refractivity contribution in [1.29, 1.82) is 0 Å². The van der Waals surface area contributed by atoms with Gasteiger partial charge in [0.25, 0.3) is 0 Å². The van der Waals surface area contributed by atoms with E-state index in [0.29, 0.717) is 0 Å². The summed E-state index contributed by atoms with van der Waals surface area (Å²) in [6.45, 7) is 7.39. The molecule has 0 aliphatic heterocycles. The van der Waals surface area contributed by atoms with Crippen LogP contribution in [0.4, 0.5) is 0 Å². The summed E-state index contributed by atoms with van der Waals surface area (Å²) in [7, 11) is 0. The first-order valence-corrected chi connectivity index (χ1v) is 15.6. The number of aryl methyl sites for hydroxylation is 4. The Morgan fingerprint density at radius 3 is 0.676 bits per heavy atom. The Balaban J connectivity index is 0.000000416. The molecule has 0 aromatic carbocycles. The Morgan fingerprint density at radius 2 is 0.588 bits per heavy atom. The summed E-state index contributed by atoms with van der Waals surface area (Å²) in [6.07, 6.45) is 0. The molecule has 34 heavy (non-hydrogen) atoms. The van der Waals surface area contributed by atoms with Gasteiger partial charge in [-0.2, -0.15) is 0 Å². The molecule has 0 aliphatic carbocycles. The zero-order valence-corrected chi connectivity index (χ0v) is 23.4. The fraction of sp³-hybridized carbons (Fsp3) is 0.167. The fourth-order valence-electron chi connectivity index (χ4n) is 2.23. The molecule has 0 bridgehead atoms. The van der Waals surface area contributed by atoms with Gasteiger partial charge in [0.2, 0.25) is 22.2 Å². The molecule has 0 amide bonds. The van der Waals surface area contributed by atoms with Crippen LogP contribution in [0.25, 0.3) is 0 Å². The third-order valence-electron chi connectivity index (χ3n) is 3.66. The standard InChI is InChI=1S/4C6H7NO.2Mo/c4*1-5-3-2-4-6(8)7-5;;/h4*2-4H,1H3,(H,7,8);;. The van der Waals surface area contributed by atoms with Gasteiger partial charge in [-0.25, -0.2) is 0 Å². The van der Waals surface area contributed by atoms with Crippen LogP contribution in [-0.2, 0) is 32.4 Å².